The highest BCUT2D eigenvalue weighted by Crippen LogP contribution is 2.36. The maximum Gasteiger partial charge on any atom is 0.188 e. The van der Waals surface area contributed by atoms with Gasteiger partial charge in [0.1, 0.15) is 5.75 Å². The molecule has 0 aliphatic rings. The van der Waals surface area contributed by atoms with Crippen LogP contribution >= 0.6 is 11.8 Å². The summed E-state index contributed by atoms with van der Waals surface area (Å²) in [4.78, 5) is 8.97. The van der Waals surface area contributed by atoms with Gasteiger partial charge in [0, 0.05) is 17.4 Å². The molecule has 0 aliphatic heterocycles. The number of hydrogen-bond acceptors (Lipinski definition) is 5. The standard InChI is InChI=1S/C16H21N3OS/c1-10-9-11(2)19-16(18-10)21-15(12(3)17)13-5-7-14(20-4)8-6-13/h5-9,12,15H,17H2,1-4H3. The van der Waals surface area contributed by atoms with Crippen LogP contribution in [0.5, 0.6) is 5.75 Å². The number of rotatable bonds is 5. The van der Waals surface area contributed by atoms with Gasteiger partial charge in [0.05, 0.1) is 12.4 Å². The lowest BCUT2D eigenvalue weighted by atomic mass is 10.1. The SMILES string of the molecule is COc1ccc(C(Sc2nc(C)cc(C)n2)C(C)N)cc1. The van der Waals surface area contributed by atoms with Gasteiger partial charge in [-0.15, -0.1) is 0 Å². The average Bonchev–Trinajstić information content (AvgIpc) is 2.43. The van der Waals surface area contributed by atoms with Gasteiger partial charge < -0.3 is 10.5 Å². The van der Waals surface area contributed by atoms with Crippen molar-refractivity contribution in [1.82, 2.24) is 9.97 Å². The van der Waals surface area contributed by atoms with E-state index in [2.05, 4.69) is 9.97 Å². The van der Waals surface area contributed by atoms with Crippen LogP contribution in [0.4, 0.5) is 0 Å². The first kappa shape index (κ1) is 15.8. The van der Waals surface area contributed by atoms with Crippen molar-refractivity contribution in [1.29, 1.82) is 0 Å². The second-order valence-corrected chi connectivity index (χ2v) is 6.21. The summed E-state index contributed by atoms with van der Waals surface area (Å²) in [5, 5.41) is 0.878. The molecule has 0 radical (unpaired) electrons. The van der Waals surface area contributed by atoms with Crippen LogP contribution in [0.3, 0.4) is 0 Å². The maximum atomic E-state index is 6.16. The second-order valence-electron chi connectivity index (χ2n) is 5.10. The van der Waals surface area contributed by atoms with E-state index in [1.807, 2.05) is 51.1 Å². The molecular weight excluding hydrogens is 282 g/mol. The third-order valence-electron chi connectivity index (χ3n) is 3.12. The minimum absolute atomic E-state index is 0.00665. The lowest BCUT2D eigenvalue weighted by molar-refractivity contribution is 0.414. The Morgan fingerprint density at radius 3 is 2.14 bits per heavy atom. The summed E-state index contributed by atoms with van der Waals surface area (Å²) in [6.07, 6.45) is 0. The molecule has 0 saturated carbocycles. The minimum atomic E-state index is -0.00665. The number of nitrogens with two attached hydrogens (primary N) is 1. The number of aryl methyl sites for hydroxylation is 2. The van der Waals surface area contributed by atoms with Crippen molar-refractivity contribution in [2.45, 2.75) is 37.2 Å². The normalized spacial score (nSPS) is 13.8. The topological polar surface area (TPSA) is 61.0 Å². The van der Waals surface area contributed by atoms with Crippen LogP contribution in [0.15, 0.2) is 35.5 Å². The molecule has 0 saturated heterocycles. The van der Waals surface area contributed by atoms with Gasteiger partial charge in [-0.25, -0.2) is 9.97 Å². The van der Waals surface area contributed by atoms with E-state index in [9.17, 15) is 0 Å². The van der Waals surface area contributed by atoms with Gasteiger partial charge >= 0.3 is 0 Å². The third kappa shape index (κ3) is 4.19. The summed E-state index contributed by atoms with van der Waals surface area (Å²) < 4.78 is 5.20. The molecule has 1 heterocycles. The van der Waals surface area contributed by atoms with Crippen molar-refractivity contribution in [2.75, 3.05) is 7.11 Å². The molecule has 1 aromatic carbocycles. The molecule has 0 amide bonds. The van der Waals surface area contributed by atoms with Crippen LogP contribution in [-0.2, 0) is 0 Å². The van der Waals surface area contributed by atoms with Crippen molar-refractivity contribution < 1.29 is 4.74 Å². The summed E-state index contributed by atoms with van der Waals surface area (Å²) in [5.41, 5.74) is 9.26. The fourth-order valence-corrected chi connectivity index (χ4v) is 3.26. The van der Waals surface area contributed by atoms with E-state index in [0.29, 0.717) is 0 Å². The Kier molecular flexibility index (Phi) is 5.20. The molecule has 1 aromatic heterocycles. The van der Waals surface area contributed by atoms with Crippen LogP contribution in [0.2, 0.25) is 0 Å². The fourth-order valence-electron chi connectivity index (χ4n) is 2.13. The summed E-state index contributed by atoms with van der Waals surface area (Å²) in [6.45, 7) is 5.96. The van der Waals surface area contributed by atoms with E-state index in [0.717, 1.165) is 27.9 Å². The quantitative estimate of drug-likeness (QED) is 0.678. The van der Waals surface area contributed by atoms with Crippen molar-refractivity contribution in [3.8, 4) is 5.75 Å². The van der Waals surface area contributed by atoms with Crippen molar-refractivity contribution >= 4 is 11.8 Å². The Morgan fingerprint density at radius 2 is 1.67 bits per heavy atom. The Morgan fingerprint density at radius 1 is 1.10 bits per heavy atom. The van der Waals surface area contributed by atoms with E-state index in [-0.39, 0.29) is 11.3 Å². The number of aromatic nitrogens is 2. The summed E-state index contributed by atoms with van der Waals surface area (Å²) in [7, 11) is 1.66. The summed E-state index contributed by atoms with van der Waals surface area (Å²) >= 11 is 1.60. The van der Waals surface area contributed by atoms with Gasteiger partial charge in [-0.2, -0.15) is 0 Å². The number of ether oxygens (including phenoxy) is 1. The molecule has 0 aliphatic carbocycles. The van der Waals surface area contributed by atoms with E-state index < -0.39 is 0 Å². The van der Waals surface area contributed by atoms with Crippen LogP contribution in [-0.4, -0.2) is 23.1 Å². The molecule has 5 heteroatoms. The molecule has 0 fully saturated rings. The van der Waals surface area contributed by atoms with Gasteiger partial charge in [0.2, 0.25) is 0 Å². The molecule has 21 heavy (non-hydrogen) atoms. The summed E-state index contributed by atoms with van der Waals surface area (Å²) in [5.74, 6) is 0.842. The highest BCUT2D eigenvalue weighted by Gasteiger charge is 2.19. The zero-order valence-corrected chi connectivity index (χ0v) is 13.6. The van der Waals surface area contributed by atoms with Crippen LogP contribution in [0, 0.1) is 13.8 Å². The first-order valence-corrected chi connectivity index (χ1v) is 7.76. The zero-order valence-electron chi connectivity index (χ0n) is 12.8. The van der Waals surface area contributed by atoms with Crippen LogP contribution in [0.25, 0.3) is 0 Å². The second kappa shape index (κ2) is 6.91. The van der Waals surface area contributed by atoms with Gasteiger partial charge in [-0.3, -0.25) is 0 Å². The molecule has 2 N–H and O–H groups in total. The Bertz CT molecular complexity index is 579. The molecule has 2 aromatic rings. The molecule has 2 atom stereocenters. The third-order valence-corrected chi connectivity index (χ3v) is 4.46. The molecule has 4 nitrogen and oxygen atoms in total. The highest BCUT2D eigenvalue weighted by atomic mass is 32.2. The van der Waals surface area contributed by atoms with Crippen molar-refractivity contribution in [3.63, 3.8) is 0 Å². The van der Waals surface area contributed by atoms with E-state index in [4.69, 9.17) is 10.5 Å². The molecule has 0 bridgehead atoms. The van der Waals surface area contributed by atoms with Gasteiger partial charge in [-0.05, 0) is 44.5 Å². The zero-order chi connectivity index (χ0) is 15.4. The first-order valence-electron chi connectivity index (χ1n) is 6.88. The van der Waals surface area contributed by atoms with E-state index >= 15 is 0 Å². The lowest BCUT2D eigenvalue weighted by Gasteiger charge is -2.20. The average molecular weight is 303 g/mol. The predicted molar refractivity (Wildman–Crippen MR) is 86.7 cm³/mol. The van der Waals surface area contributed by atoms with Crippen molar-refractivity contribution in [3.05, 3.63) is 47.3 Å². The Labute approximate surface area is 130 Å². The van der Waals surface area contributed by atoms with E-state index in [1.54, 1.807) is 18.9 Å². The number of methoxy groups -OCH3 is 1. The van der Waals surface area contributed by atoms with Crippen molar-refractivity contribution in [2.24, 2.45) is 5.73 Å². The number of hydrogen-bond donors (Lipinski definition) is 1. The summed E-state index contributed by atoms with van der Waals surface area (Å²) in [6, 6.07) is 9.96. The molecular formula is C16H21N3OS. The van der Waals surface area contributed by atoms with E-state index in [1.165, 1.54) is 0 Å². The minimum Gasteiger partial charge on any atom is -0.497 e. The molecule has 2 unspecified atom stereocenters. The molecule has 112 valence electrons. The first-order chi connectivity index (χ1) is 9.99. The largest absolute Gasteiger partial charge is 0.497 e. The van der Waals surface area contributed by atoms with Gasteiger partial charge in [0.15, 0.2) is 5.16 Å². The smallest absolute Gasteiger partial charge is 0.188 e. The fraction of sp³-hybridized carbons (Fsp3) is 0.375. The number of nitrogens with zero attached hydrogens (tertiary/aromatic N) is 2. The molecule has 0 spiro atoms. The highest BCUT2D eigenvalue weighted by molar-refractivity contribution is 7.99. The van der Waals surface area contributed by atoms with Crippen LogP contribution in [0.1, 0.15) is 29.1 Å². The lowest BCUT2D eigenvalue weighted by Crippen LogP contribution is -2.22. The predicted octanol–water partition coefficient (Wildman–Crippen LogP) is 3.28. The number of benzene rings is 1. The van der Waals surface area contributed by atoms with Gasteiger partial charge in [0.25, 0.3) is 0 Å². The Hall–Kier alpha value is -1.59. The maximum absolute atomic E-state index is 6.16. The monoisotopic (exact) mass is 303 g/mol. The Balaban J connectivity index is 2.26. The molecule has 2 rings (SSSR count). The number of thioether (sulfide) groups is 1. The van der Waals surface area contributed by atoms with Gasteiger partial charge in [-0.1, -0.05) is 23.9 Å². The van der Waals surface area contributed by atoms with Crippen LogP contribution < -0.4 is 10.5 Å².